The van der Waals surface area contributed by atoms with Gasteiger partial charge in [0.1, 0.15) is 12.6 Å². The Morgan fingerprint density at radius 2 is 1.71 bits per heavy atom. The second kappa shape index (κ2) is 10.7. The van der Waals surface area contributed by atoms with E-state index in [0.717, 1.165) is 10.6 Å². The first-order chi connectivity index (χ1) is 14.5. The lowest BCUT2D eigenvalue weighted by atomic mass is 10.1. The van der Waals surface area contributed by atoms with Gasteiger partial charge in [0, 0.05) is 33.7 Å². The van der Waals surface area contributed by atoms with E-state index >= 15 is 0 Å². The van der Waals surface area contributed by atoms with Crippen molar-refractivity contribution in [2.75, 3.05) is 24.2 Å². The van der Waals surface area contributed by atoms with E-state index < -0.39 is 34.4 Å². The Hall–Kier alpha value is -1.81. The molecule has 0 saturated carbocycles. The second-order valence-electron chi connectivity index (χ2n) is 6.76. The van der Waals surface area contributed by atoms with Crippen molar-refractivity contribution in [2.24, 2.45) is 0 Å². The summed E-state index contributed by atoms with van der Waals surface area (Å²) in [5.41, 5.74) is 0.775. The minimum atomic E-state index is -3.79. The number of benzene rings is 2. The Labute approximate surface area is 200 Å². The summed E-state index contributed by atoms with van der Waals surface area (Å²) in [6.07, 6.45) is 1.01. The predicted octanol–water partition coefficient (Wildman–Crippen LogP) is 3.69. The molecular weight excluding hydrogens is 529 g/mol. The fourth-order valence-electron chi connectivity index (χ4n) is 2.89. The van der Waals surface area contributed by atoms with Crippen molar-refractivity contribution >= 4 is 66.7 Å². The highest BCUT2D eigenvalue weighted by Gasteiger charge is 2.30. The standard InChI is InChI=1S/C20H22BrCl2N3O4S/c1-13(20(28)24-2)25(11-16-17(22)8-5-9-18(16)23)19(27)12-26(31(3,29)30)15-7-4-6-14(21)10-15/h4-10,13H,11-12H2,1-3H3,(H,24,28)/t13-/m0/s1. The highest BCUT2D eigenvalue weighted by molar-refractivity contribution is 9.10. The smallest absolute Gasteiger partial charge is 0.244 e. The first-order valence-electron chi connectivity index (χ1n) is 9.13. The number of halogens is 3. The van der Waals surface area contributed by atoms with Crippen LogP contribution in [0.15, 0.2) is 46.9 Å². The number of nitrogens with zero attached hydrogens (tertiary/aromatic N) is 2. The van der Waals surface area contributed by atoms with Crippen LogP contribution in [-0.4, -0.2) is 51.0 Å². The minimum absolute atomic E-state index is 0.0674. The second-order valence-corrected chi connectivity index (χ2v) is 10.4. The quantitative estimate of drug-likeness (QED) is 0.543. The molecule has 0 saturated heterocycles. The van der Waals surface area contributed by atoms with Crippen molar-refractivity contribution in [3.05, 3.63) is 62.5 Å². The molecule has 0 fully saturated rings. The summed E-state index contributed by atoms with van der Waals surface area (Å²) in [5.74, 6) is -0.998. The Balaban J connectivity index is 2.44. The summed E-state index contributed by atoms with van der Waals surface area (Å²) >= 11 is 15.8. The third kappa shape index (κ3) is 6.58. The van der Waals surface area contributed by atoms with Gasteiger partial charge >= 0.3 is 0 Å². The molecule has 1 N–H and O–H groups in total. The van der Waals surface area contributed by atoms with Gasteiger partial charge in [-0.1, -0.05) is 51.3 Å². The summed E-state index contributed by atoms with van der Waals surface area (Å²) in [4.78, 5) is 26.8. The molecule has 0 heterocycles. The van der Waals surface area contributed by atoms with Crippen molar-refractivity contribution < 1.29 is 18.0 Å². The molecule has 0 aliphatic carbocycles. The number of amides is 2. The van der Waals surface area contributed by atoms with E-state index in [4.69, 9.17) is 23.2 Å². The van der Waals surface area contributed by atoms with E-state index in [1.165, 1.54) is 11.9 Å². The Kier molecular flexibility index (Phi) is 8.76. The van der Waals surface area contributed by atoms with E-state index in [0.29, 0.717) is 25.8 Å². The van der Waals surface area contributed by atoms with Gasteiger partial charge in [0.2, 0.25) is 21.8 Å². The zero-order valence-electron chi connectivity index (χ0n) is 17.1. The molecule has 0 aliphatic rings. The van der Waals surface area contributed by atoms with E-state index in [-0.39, 0.29) is 6.54 Å². The van der Waals surface area contributed by atoms with Crippen LogP contribution in [0.1, 0.15) is 12.5 Å². The molecule has 0 aromatic heterocycles. The van der Waals surface area contributed by atoms with Crippen molar-refractivity contribution in [3.63, 3.8) is 0 Å². The van der Waals surface area contributed by atoms with Crippen molar-refractivity contribution in [1.82, 2.24) is 10.2 Å². The minimum Gasteiger partial charge on any atom is -0.357 e. The maximum atomic E-state index is 13.3. The topological polar surface area (TPSA) is 86.8 Å². The number of carbonyl (C=O) groups is 2. The summed E-state index contributed by atoms with van der Waals surface area (Å²) in [6.45, 7) is 0.978. The molecular formula is C20H22BrCl2N3O4S. The maximum absolute atomic E-state index is 13.3. The Morgan fingerprint density at radius 3 is 2.23 bits per heavy atom. The van der Waals surface area contributed by atoms with E-state index in [1.54, 1.807) is 49.4 Å². The SMILES string of the molecule is CNC(=O)[C@H](C)N(Cc1c(Cl)cccc1Cl)C(=O)CN(c1cccc(Br)c1)S(C)(=O)=O. The zero-order valence-corrected chi connectivity index (χ0v) is 21.0. The third-order valence-corrected chi connectivity index (χ3v) is 6.92. The van der Waals surface area contributed by atoms with Crippen LogP contribution in [-0.2, 0) is 26.2 Å². The summed E-state index contributed by atoms with van der Waals surface area (Å²) in [6, 6.07) is 10.6. The van der Waals surface area contributed by atoms with Crippen LogP contribution in [0.5, 0.6) is 0 Å². The van der Waals surface area contributed by atoms with Gasteiger partial charge in [-0.05, 0) is 37.3 Å². The molecule has 0 unspecified atom stereocenters. The van der Waals surface area contributed by atoms with Crippen LogP contribution < -0.4 is 9.62 Å². The van der Waals surface area contributed by atoms with Gasteiger partial charge in [-0.15, -0.1) is 0 Å². The van der Waals surface area contributed by atoms with Gasteiger partial charge in [-0.3, -0.25) is 13.9 Å². The van der Waals surface area contributed by atoms with Gasteiger partial charge in [-0.25, -0.2) is 8.42 Å². The fourth-order valence-corrected chi connectivity index (χ4v) is 4.64. The monoisotopic (exact) mass is 549 g/mol. The number of likely N-dealkylation sites (N-methyl/N-ethyl adjacent to an activating group) is 1. The van der Waals surface area contributed by atoms with Crippen LogP contribution in [0, 0.1) is 0 Å². The molecule has 0 bridgehead atoms. The molecule has 2 aromatic rings. The van der Waals surface area contributed by atoms with E-state index in [2.05, 4.69) is 21.2 Å². The molecule has 7 nitrogen and oxygen atoms in total. The van der Waals surface area contributed by atoms with Crippen molar-refractivity contribution in [1.29, 1.82) is 0 Å². The molecule has 2 rings (SSSR count). The number of hydrogen-bond donors (Lipinski definition) is 1. The molecule has 0 spiro atoms. The van der Waals surface area contributed by atoms with Crippen molar-refractivity contribution in [3.8, 4) is 0 Å². The van der Waals surface area contributed by atoms with E-state index in [1.807, 2.05) is 0 Å². The lowest BCUT2D eigenvalue weighted by molar-refractivity contribution is -0.139. The normalized spacial score (nSPS) is 12.2. The lowest BCUT2D eigenvalue weighted by Crippen LogP contribution is -2.50. The Bertz CT molecular complexity index is 1060. The third-order valence-electron chi connectivity index (χ3n) is 4.58. The van der Waals surface area contributed by atoms with Crippen LogP contribution in [0.3, 0.4) is 0 Å². The van der Waals surface area contributed by atoms with Crippen LogP contribution in [0.4, 0.5) is 5.69 Å². The van der Waals surface area contributed by atoms with Gasteiger partial charge in [-0.2, -0.15) is 0 Å². The molecule has 0 radical (unpaired) electrons. The van der Waals surface area contributed by atoms with Crippen LogP contribution in [0.2, 0.25) is 10.0 Å². The maximum Gasteiger partial charge on any atom is 0.244 e. The number of carbonyl (C=O) groups excluding carboxylic acids is 2. The number of hydrogen-bond acceptors (Lipinski definition) is 4. The molecule has 0 aliphatic heterocycles. The molecule has 31 heavy (non-hydrogen) atoms. The highest BCUT2D eigenvalue weighted by atomic mass is 79.9. The van der Waals surface area contributed by atoms with Gasteiger partial charge in [0.25, 0.3) is 0 Å². The first kappa shape index (κ1) is 25.5. The van der Waals surface area contributed by atoms with Gasteiger partial charge < -0.3 is 10.2 Å². The molecule has 11 heteroatoms. The summed E-state index contributed by atoms with van der Waals surface area (Å²) in [7, 11) is -2.34. The molecule has 168 valence electrons. The number of anilines is 1. The van der Waals surface area contributed by atoms with Crippen LogP contribution in [0.25, 0.3) is 0 Å². The zero-order chi connectivity index (χ0) is 23.3. The average molecular weight is 551 g/mol. The molecule has 2 aromatic carbocycles. The molecule has 1 atom stereocenters. The van der Waals surface area contributed by atoms with Gasteiger partial charge in [0.05, 0.1) is 11.9 Å². The number of rotatable bonds is 8. The first-order valence-corrected chi connectivity index (χ1v) is 12.5. The van der Waals surface area contributed by atoms with Crippen molar-refractivity contribution in [2.45, 2.75) is 19.5 Å². The lowest BCUT2D eigenvalue weighted by Gasteiger charge is -2.31. The van der Waals surface area contributed by atoms with Gasteiger partial charge in [0.15, 0.2) is 0 Å². The Morgan fingerprint density at radius 1 is 1.13 bits per heavy atom. The van der Waals surface area contributed by atoms with E-state index in [9.17, 15) is 18.0 Å². The highest BCUT2D eigenvalue weighted by Crippen LogP contribution is 2.27. The van der Waals surface area contributed by atoms with Crippen LogP contribution >= 0.6 is 39.1 Å². The number of sulfonamides is 1. The average Bonchev–Trinajstić information content (AvgIpc) is 2.69. The largest absolute Gasteiger partial charge is 0.357 e. The fraction of sp³-hybridized carbons (Fsp3) is 0.300. The number of nitrogens with one attached hydrogen (secondary N) is 1. The predicted molar refractivity (Wildman–Crippen MR) is 127 cm³/mol. The summed E-state index contributed by atoms with van der Waals surface area (Å²) < 4.78 is 26.5. The molecule has 2 amide bonds. The summed E-state index contributed by atoms with van der Waals surface area (Å²) in [5, 5.41) is 3.17.